The summed E-state index contributed by atoms with van der Waals surface area (Å²) in [7, 11) is 0. The van der Waals surface area contributed by atoms with E-state index in [1.54, 1.807) is 0 Å². The fourth-order valence-electron chi connectivity index (χ4n) is 3.52. The second-order valence-electron chi connectivity index (χ2n) is 5.81. The Kier molecular flexibility index (Phi) is 4.48. The molecule has 1 aliphatic heterocycles. The van der Waals surface area contributed by atoms with E-state index in [-0.39, 0.29) is 5.79 Å². The monoisotopic (exact) mass is 240 g/mol. The Bertz CT molecular complexity index is 233. The van der Waals surface area contributed by atoms with Crippen LogP contribution in [-0.2, 0) is 9.47 Å². The topological polar surface area (TPSA) is 18.5 Å². The van der Waals surface area contributed by atoms with Gasteiger partial charge in [0.05, 0.1) is 12.2 Å². The van der Waals surface area contributed by atoms with Crippen LogP contribution in [0.1, 0.15) is 72.1 Å². The highest BCUT2D eigenvalue weighted by Crippen LogP contribution is 2.43. The van der Waals surface area contributed by atoms with Crippen LogP contribution >= 0.6 is 0 Å². The molecule has 2 heteroatoms. The van der Waals surface area contributed by atoms with Crippen molar-refractivity contribution in [3.8, 4) is 0 Å². The highest BCUT2D eigenvalue weighted by molar-refractivity contribution is 4.90. The van der Waals surface area contributed by atoms with Crippen LogP contribution in [0.25, 0.3) is 0 Å². The van der Waals surface area contributed by atoms with Gasteiger partial charge in [0.2, 0.25) is 0 Å². The van der Waals surface area contributed by atoms with Gasteiger partial charge in [-0.25, -0.2) is 0 Å². The number of rotatable bonds is 5. The van der Waals surface area contributed by atoms with Crippen LogP contribution in [0, 0.1) is 5.92 Å². The average molecular weight is 240 g/mol. The van der Waals surface area contributed by atoms with Crippen LogP contribution in [0.15, 0.2) is 0 Å². The Labute approximate surface area is 106 Å². The first kappa shape index (κ1) is 13.4. The Morgan fingerprint density at radius 1 is 0.941 bits per heavy atom. The summed E-state index contributed by atoms with van der Waals surface area (Å²) in [5.74, 6) is 0.625. The lowest BCUT2D eigenvalue weighted by Crippen LogP contribution is -2.31. The molecule has 0 amide bonds. The summed E-state index contributed by atoms with van der Waals surface area (Å²) >= 11 is 0. The fourth-order valence-corrected chi connectivity index (χ4v) is 3.52. The first-order chi connectivity index (χ1) is 8.23. The molecule has 1 saturated heterocycles. The Morgan fingerprint density at radius 3 is 2.18 bits per heavy atom. The minimum atomic E-state index is -0.235. The van der Waals surface area contributed by atoms with Gasteiger partial charge in [0.15, 0.2) is 5.79 Å². The van der Waals surface area contributed by atoms with E-state index in [1.807, 2.05) is 0 Å². The van der Waals surface area contributed by atoms with Crippen molar-refractivity contribution in [3.63, 3.8) is 0 Å². The lowest BCUT2D eigenvalue weighted by atomic mass is 9.84. The Balaban J connectivity index is 2.00. The fraction of sp³-hybridized carbons (Fsp3) is 1.00. The summed E-state index contributed by atoms with van der Waals surface area (Å²) < 4.78 is 12.6. The molecular weight excluding hydrogens is 212 g/mol. The molecule has 1 saturated carbocycles. The third-order valence-electron chi connectivity index (χ3n) is 4.41. The van der Waals surface area contributed by atoms with Gasteiger partial charge in [0.1, 0.15) is 0 Å². The van der Waals surface area contributed by atoms with E-state index in [0.717, 1.165) is 31.6 Å². The molecule has 3 atom stereocenters. The summed E-state index contributed by atoms with van der Waals surface area (Å²) in [5, 5.41) is 0. The van der Waals surface area contributed by atoms with Crippen molar-refractivity contribution in [1.82, 2.24) is 0 Å². The van der Waals surface area contributed by atoms with E-state index >= 15 is 0 Å². The van der Waals surface area contributed by atoms with Crippen LogP contribution in [0.2, 0.25) is 0 Å². The van der Waals surface area contributed by atoms with Crippen LogP contribution < -0.4 is 0 Å². The van der Waals surface area contributed by atoms with Crippen molar-refractivity contribution in [3.05, 3.63) is 0 Å². The molecule has 2 fully saturated rings. The van der Waals surface area contributed by atoms with E-state index in [1.165, 1.54) is 25.7 Å². The van der Waals surface area contributed by atoms with Gasteiger partial charge in [-0.1, -0.05) is 40.0 Å². The standard InChI is InChI=1S/C15H28O2/c1-4-9-15(10-5-2)16-13-8-7-12(6-3)11-14(13)17-15/h12-14H,4-11H2,1-3H3. The zero-order valence-electron chi connectivity index (χ0n) is 11.7. The highest BCUT2D eigenvalue weighted by Gasteiger charge is 2.48. The first-order valence-corrected chi connectivity index (χ1v) is 7.58. The number of fused-ring (bicyclic) bond motifs is 1. The van der Waals surface area contributed by atoms with E-state index in [4.69, 9.17) is 9.47 Å². The molecule has 0 aromatic carbocycles. The molecule has 2 rings (SSSR count). The second-order valence-corrected chi connectivity index (χ2v) is 5.81. The molecule has 17 heavy (non-hydrogen) atoms. The molecule has 2 nitrogen and oxygen atoms in total. The second kappa shape index (κ2) is 5.71. The Hall–Kier alpha value is -0.0800. The average Bonchev–Trinajstić information content (AvgIpc) is 2.66. The lowest BCUT2D eigenvalue weighted by molar-refractivity contribution is -0.184. The lowest BCUT2D eigenvalue weighted by Gasteiger charge is -2.28. The van der Waals surface area contributed by atoms with Gasteiger partial charge in [0.25, 0.3) is 0 Å². The van der Waals surface area contributed by atoms with Gasteiger partial charge in [-0.05, 0) is 25.2 Å². The normalized spacial score (nSPS) is 35.8. The van der Waals surface area contributed by atoms with Crippen molar-refractivity contribution >= 4 is 0 Å². The molecule has 0 radical (unpaired) electrons. The van der Waals surface area contributed by atoms with Gasteiger partial charge in [-0.3, -0.25) is 0 Å². The van der Waals surface area contributed by atoms with Crippen molar-refractivity contribution < 1.29 is 9.47 Å². The maximum Gasteiger partial charge on any atom is 0.169 e. The quantitative estimate of drug-likeness (QED) is 0.714. The van der Waals surface area contributed by atoms with Crippen LogP contribution in [0.3, 0.4) is 0 Å². The molecule has 0 spiro atoms. The molecule has 1 heterocycles. The Morgan fingerprint density at radius 2 is 1.59 bits per heavy atom. The zero-order chi connectivity index (χ0) is 12.3. The largest absolute Gasteiger partial charge is 0.344 e. The van der Waals surface area contributed by atoms with Crippen LogP contribution in [-0.4, -0.2) is 18.0 Å². The predicted octanol–water partition coefficient (Wildman–Crippen LogP) is 4.28. The SMILES string of the molecule is CCCC1(CCC)OC2CCC(CC)CC2O1. The third-order valence-corrected chi connectivity index (χ3v) is 4.41. The highest BCUT2D eigenvalue weighted by atomic mass is 16.8. The van der Waals surface area contributed by atoms with Crippen molar-refractivity contribution in [1.29, 1.82) is 0 Å². The maximum atomic E-state index is 6.34. The molecule has 3 unspecified atom stereocenters. The molecule has 0 N–H and O–H groups in total. The summed E-state index contributed by atoms with van der Waals surface area (Å²) in [6.07, 6.45) is 10.2. The number of ether oxygens (including phenoxy) is 2. The van der Waals surface area contributed by atoms with E-state index in [2.05, 4.69) is 20.8 Å². The van der Waals surface area contributed by atoms with E-state index < -0.39 is 0 Å². The summed E-state index contributed by atoms with van der Waals surface area (Å²) in [4.78, 5) is 0. The van der Waals surface area contributed by atoms with Crippen molar-refractivity contribution in [2.45, 2.75) is 90.1 Å². The van der Waals surface area contributed by atoms with Crippen LogP contribution in [0.4, 0.5) is 0 Å². The van der Waals surface area contributed by atoms with Gasteiger partial charge in [0, 0.05) is 12.8 Å². The number of hydrogen-bond donors (Lipinski definition) is 0. The number of hydrogen-bond acceptors (Lipinski definition) is 2. The molecule has 1 aliphatic carbocycles. The third kappa shape index (κ3) is 2.85. The zero-order valence-corrected chi connectivity index (χ0v) is 11.7. The molecule has 2 aliphatic rings. The van der Waals surface area contributed by atoms with Gasteiger partial charge in [-0.2, -0.15) is 0 Å². The first-order valence-electron chi connectivity index (χ1n) is 7.58. The van der Waals surface area contributed by atoms with Crippen molar-refractivity contribution in [2.24, 2.45) is 5.92 Å². The molecule has 0 bridgehead atoms. The minimum Gasteiger partial charge on any atom is -0.344 e. The maximum absolute atomic E-state index is 6.34. The van der Waals surface area contributed by atoms with E-state index in [0.29, 0.717) is 12.2 Å². The summed E-state index contributed by atoms with van der Waals surface area (Å²) in [6.45, 7) is 6.74. The van der Waals surface area contributed by atoms with E-state index in [9.17, 15) is 0 Å². The van der Waals surface area contributed by atoms with Gasteiger partial charge in [-0.15, -0.1) is 0 Å². The smallest absolute Gasteiger partial charge is 0.169 e. The van der Waals surface area contributed by atoms with Crippen molar-refractivity contribution in [2.75, 3.05) is 0 Å². The summed E-state index contributed by atoms with van der Waals surface area (Å²) in [5.41, 5.74) is 0. The van der Waals surface area contributed by atoms with Gasteiger partial charge >= 0.3 is 0 Å². The molecule has 100 valence electrons. The molecule has 0 aromatic rings. The molecular formula is C15H28O2. The summed E-state index contributed by atoms with van der Waals surface area (Å²) in [6, 6.07) is 0. The minimum absolute atomic E-state index is 0.235. The molecule has 0 aromatic heterocycles. The van der Waals surface area contributed by atoms with Gasteiger partial charge < -0.3 is 9.47 Å². The predicted molar refractivity (Wildman–Crippen MR) is 69.9 cm³/mol. The van der Waals surface area contributed by atoms with Crippen LogP contribution in [0.5, 0.6) is 0 Å².